The molecule has 76 valence electrons. The molecule has 0 aliphatic carbocycles. The number of amides is 1. The van der Waals surface area contributed by atoms with Gasteiger partial charge in [-0.15, -0.1) is 0 Å². The number of nitrogens with one attached hydrogen (secondary N) is 1. The third-order valence-corrected chi connectivity index (χ3v) is 2.06. The third-order valence-electron chi connectivity index (χ3n) is 2.06. The summed E-state index contributed by atoms with van der Waals surface area (Å²) in [5.74, 6) is -1.37. The average Bonchev–Trinajstić information content (AvgIpc) is 2.28. The fourth-order valence-electron chi connectivity index (χ4n) is 1.41. The van der Waals surface area contributed by atoms with Crippen molar-refractivity contribution in [2.24, 2.45) is 0 Å². The number of benzene rings is 1. The first-order valence-corrected chi connectivity index (χ1v) is 4.21. The Labute approximate surface area is 84.3 Å². The molecule has 2 N–H and O–H groups in total. The van der Waals surface area contributed by atoms with Crippen LogP contribution in [0, 0.1) is 5.82 Å². The molecule has 2 rings (SSSR count). The van der Waals surface area contributed by atoms with Gasteiger partial charge >= 0.3 is 0 Å². The van der Waals surface area contributed by atoms with E-state index in [1.165, 1.54) is 23.8 Å². The van der Waals surface area contributed by atoms with Crippen molar-refractivity contribution in [1.29, 1.82) is 0 Å². The van der Waals surface area contributed by atoms with Crippen LogP contribution >= 0.6 is 0 Å². The highest BCUT2D eigenvalue weighted by Gasteiger charge is 2.13. The lowest BCUT2D eigenvalue weighted by molar-refractivity contribution is 0.0702. The molecule has 2 aromatic rings. The molecule has 0 unspecified atom stereocenters. The van der Waals surface area contributed by atoms with E-state index in [4.69, 9.17) is 5.21 Å². The van der Waals surface area contributed by atoms with Crippen LogP contribution in [0.25, 0.3) is 10.8 Å². The molecule has 0 atom stereocenters. The summed E-state index contributed by atoms with van der Waals surface area (Å²) in [7, 11) is 0. The second-order valence-electron chi connectivity index (χ2n) is 2.94. The monoisotopic (exact) mass is 206 g/mol. The highest BCUT2D eigenvalue weighted by Crippen LogP contribution is 2.19. The summed E-state index contributed by atoms with van der Waals surface area (Å²) in [4.78, 5) is 14.9. The maximum atomic E-state index is 13.4. The number of hydrogen-bond acceptors (Lipinski definition) is 3. The second kappa shape index (κ2) is 3.62. The van der Waals surface area contributed by atoms with E-state index in [1.54, 1.807) is 12.1 Å². The zero-order valence-corrected chi connectivity index (χ0v) is 7.57. The van der Waals surface area contributed by atoms with E-state index in [9.17, 15) is 9.18 Å². The van der Waals surface area contributed by atoms with Gasteiger partial charge in [0.25, 0.3) is 5.91 Å². The number of carbonyl (C=O) groups excluding carboxylic acids is 1. The normalized spacial score (nSPS) is 10.3. The van der Waals surface area contributed by atoms with Crippen LogP contribution in [0.5, 0.6) is 0 Å². The molecule has 0 fully saturated rings. The van der Waals surface area contributed by atoms with Crippen LogP contribution in [0.3, 0.4) is 0 Å². The van der Waals surface area contributed by atoms with Crippen LogP contribution in [0.1, 0.15) is 10.5 Å². The molecule has 0 saturated carbocycles. The molecule has 0 aliphatic rings. The minimum Gasteiger partial charge on any atom is -0.288 e. The van der Waals surface area contributed by atoms with Gasteiger partial charge in [-0.1, -0.05) is 12.1 Å². The highest BCUT2D eigenvalue weighted by atomic mass is 19.1. The maximum Gasteiger partial charge on any atom is 0.293 e. The zero-order chi connectivity index (χ0) is 10.8. The molecule has 0 aliphatic heterocycles. The van der Waals surface area contributed by atoms with E-state index in [0.29, 0.717) is 5.39 Å². The smallest absolute Gasteiger partial charge is 0.288 e. The number of nitrogens with zero attached hydrogens (tertiary/aromatic N) is 1. The standard InChI is InChI=1S/C10H7FN2O2/c11-7-3-1-2-6-4-5-12-9(8(6)7)10(14)13-15/h1-5,15H,(H,13,14). The van der Waals surface area contributed by atoms with Crippen molar-refractivity contribution in [2.75, 3.05) is 0 Å². The van der Waals surface area contributed by atoms with Gasteiger partial charge in [-0.2, -0.15) is 0 Å². The Morgan fingerprint density at radius 3 is 2.93 bits per heavy atom. The predicted molar refractivity (Wildman–Crippen MR) is 51.0 cm³/mol. The molecular weight excluding hydrogens is 199 g/mol. The van der Waals surface area contributed by atoms with Gasteiger partial charge in [0.05, 0.1) is 0 Å². The number of fused-ring (bicyclic) bond motifs is 1. The van der Waals surface area contributed by atoms with Crippen molar-refractivity contribution in [1.82, 2.24) is 10.5 Å². The van der Waals surface area contributed by atoms with Crippen molar-refractivity contribution < 1.29 is 14.4 Å². The molecule has 4 nitrogen and oxygen atoms in total. The van der Waals surface area contributed by atoms with Crippen LogP contribution < -0.4 is 5.48 Å². The first kappa shape index (κ1) is 9.54. The van der Waals surface area contributed by atoms with E-state index < -0.39 is 11.7 Å². The largest absolute Gasteiger partial charge is 0.293 e. The topological polar surface area (TPSA) is 62.2 Å². The van der Waals surface area contributed by atoms with Gasteiger partial charge in [0.1, 0.15) is 11.5 Å². The van der Waals surface area contributed by atoms with E-state index >= 15 is 0 Å². The average molecular weight is 206 g/mol. The van der Waals surface area contributed by atoms with Crippen molar-refractivity contribution >= 4 is 16.7 Å². The molecule has 15 heavy (non-hydrogen) atoms. The maximum absolute atomic E-state index is 13.4. The highest BCUT2D eigenvalue weighted by molar-refractivity contribution is 6.04. The molecule has 0 bridgehead atoms. The van der Waals surface area contributed by atoms with Crippen LogP contribution in [0.15, 0.2) is 30.5 Å². The first-order chi connectivity index (χ1) is 7.24. The summed E-state index contributed by atoms with van der Waals surface area (Å²) in [6.45, 7) is 0. The summed E-state index contributed by atoms with van der Waals surface area (Å²) < 4.78 is 13.4. The molecule has 5 heteroatoms. The first-order valence-electron chi connectivity index (χ1n) is 4.21. The predicted octanol–water partition coefficient (Wildman–Crippen LogP) is 1.49. The molecular formula is C10H7FN2O2. The van der Waals surface area contributed by atoms with Gasteiger partial charge in [-0.25, -0.2) is 9.87 Å². The Morgan fingerprint density at radius 1 is 1.40 bits per heavy atom. The van der Waals surface area contributed by atoms with Crippen LogP contribution in [-0.4, -0.2) is 16.1 Å². The number of carbonyl (C=O) groups is 1. The molecule has 1 aromatic carbocycles. The molecule has 1 aromatic heterocycles. The summed E-state index contributed by atoms with van der Waals surface area (Å²) in [5.41, 5.74) is 1.30. The summed E-state index contributed by atoms with van der Waals surface area (Å²) >= 11 is 0. The van der Waals surface area contributed by atoms with Gasteiger partial charge in [0, 0.05) is 11.6 Å². The molecule has 0 saturated heterocycles. The van der Waals surface area contributed by atoms with Crippen LogP contribution in [0.2, 0.25) is 0 Å². The van der Waals surface area contributed by atoms with Gasteiger partial charge in [0.2, 0.25) is 0 Å². The van der Waals surface area contributed by atoms with Crippen molar-refractivity contribution in [3.8, 4) is 0 Å². The minimum atomic E-state index is -0.828. The molecule has 0 radical (unpaired) electrons. The lowest BCUT2D eigenvalue weighted by Crippen LogP contribution is -2.20. The Balaban J connectivity index is 2.80. The Bertz CT molecular complexity index is 523. The Kier molecular flexibility index (Phi) is 2.31. The van der Waals surface area contributed by atoms with E-state index in [-0.39, 0.29) is 11.1 Å². The van der Waals surface area contributed by atoms with Gasteiger partial charge in [-0.05, 0) is 17.5 Å². The number of aromatic nitrogens is 1. The summed E-state index contributed by atoms with van der Waals surface area (Å²) in [5, 5.41) is 9.14. The molecule has 1 amide bonds. The zero-order valence-electron chi connectivity index (χ0n) is 7.57. The lowest BCUT2D eigenvalue weighted by Gasteiger charge is -2.03. The van der Waals surface area contributed by atoms with Crippen LogP contribution in [-0.2, 0) is 0 Å². The summed E-state index contributed by atoms with van der Waals surface area (Å²) in [6.07, 6.45) is 1.38. The molecule has 0 spiro atoms. The van der Waals surface area contributed by atoms with Crippen molar-refractivity contribution in [2.45, 2.75) is 0 Å². The minimum absolute atomic E-state index is 0.103. The fraction of sp³-hybridized carbons (Fsp3) is 0. The van der Waals surface area contributed by atoms with E-state index in [0.717, 1.165) is 0 Å². The fourth-order valence-corrected chi connectivity index (χ4v) is 1.41. The summed E-state index contributed by atoms with van der Waals surface area (Å²) in [6, 6.07) is 6.03. The quantitative estimate of drug-likeness (QED) is 0.549. The van der Waals surface area contributed by atoms with Gasteiger partial charge < -0.3 is 0 Å². The lowest BCUT2D eigenvalue weighted by atomic mass is 10.1. The number of rotatable bonds is 1. The Morgan fingerprint density at radius 2 is 2.20 bits per heavy atom. The Hall–Kier alpha value is -2.01. The van der Waals surface area contributed by atoms with Gasteiger partial charge in [-0.3, -0.25) is 15.0 Å². The number of halogens is 1. The number of hydrogen-bond donors (Lipinski definition) is 2. The van der Waals surface area contributed by atoms with E-state index in [2.05, 4.69) is 4.98 Å². The third kappa shape index (κ3) is 1.53. The number of pyridine rings is 1. The van der Waals surface area contributed by atoms with E-state index in [1.807, 2.05) is 0 Å². The molecule has 1 heterocycles. The second-order valence-corrected chi connectivity index (χ2v) is 2.94. The van der Waals surface area contributed by atoms with Crippen molar-refractivity contribution in [3.05, 3.63) is 42.0 Å². The SMILES string of the molecule is O=C(NO)c1nccc2cccc(F)c12. The van der Waals surface area contributed by atoms with Crippen LogP contribution in [0.4, 0.5) is 4.39 Å². The van der Waals surface area contributed by atoms with Gasteiger partial charge in [0.15, 0.2) is 0 Å². The van der Waals surface area contributed by atoms with Crippen molar-refractivity contribution in [3.63, 3.8) is 0 Å². The number of hydroxylamine groups is 1.